The lowest BCUT2D eigenvalue weighted by Crippen LogP contribution is -2.61. The number of aliphatic hydroxyl groups excluding tert-OH is 1. The van der Waals surface area contributed by atoms with Crippen molar-refractivity contribution >= 4 is 64.6 Å². The standard InChI is InChI=1S/C40H58Cl2F3N7O10/c1-22(2)18-27-37(59)51(5)31(20-23-19-24(41)12-13-25(23)42)35(57)49-28(21-62-6)32(54)46-15-8-7-10-29(33(55)48-27)50(4)36(58)26(14-17-53)47-34(56)30-11-9-16-52(30)38(60)39(3,61)40(43,44)45/h12-13,19,22,26-31,53,61H,7-11,14-18,20-21H2,1-6H3,(H,46,54)(H,47,56)(H,48,55)(H,49,57)/t26-,27-,28+,29-,30-,31-,39+/m0/s1. The number of amides is 7. The van der Waals surface area contributed by atoms with Crippen LogP contribution in [-0.2, 0) is 44.7 Å². The van der Waals surface area contributed by atoms with Gasteiger partial charge in [0.1, 0.15) is 36.3 Å². The molecular formula is C40H58Cl2F3N7O10. The van der Waals surface area contributed by atoms with Gasteiger partial charge >= 0.3 is 6.18 Å². The van der Waals surface area contributed by atoms with E-state index in [0.717, 1.165) is 9.80 Å². The molecule has 2 heterocycles. The number of hydrogen-bond acceptors (Lipinski definition) is 10. The van der Waals surface area contributed by atoms with Crippen molar-refractivity contribution in [3.63, 3.8) is 0 Å². The molecule has 2 saturated heterocycles. The number of nitrogens with one attached hydrogen (secondary N) is 4. The van der Waals surface area contributed by atoms with Crippen LogP contribution in [0.3, 0.4) is 0 Å². The largest absolute Gasteiger partial charge is 0.426 e. The zero-order chi connectivity index (χ0) is 46.7. The summed E-state index contributed by atoms with van der Waals surface area (Å²) in [4.78, 5) is 99.4. The highest BCUT2D eigenvalue weighted by Crippen LogP contribution is 2.34. The molecule has 17 nitrogen and oxygen atoms in total. The van der Waals surface area contributed by atoms with Gasteiger partial charge in [0.05, 0.1) is 6.61 Å². The third-order valence-electron chi connectivity index (χ3n) is 11.0. The molecule has 2 aliphatic heterocycles. The second-order valence-corrected chi connectivity index (χ2v) is 17.0. The second kappa shape index (κ2) is 22.9. The van der Waals surface area contributed by atoms with E-state index >= 15 is 0 Å². The molecule has 6 N–H and O–H groups in total. The van der Waals surface area contributed by atoms with Crippen molar-refractivity contribution in [1.82, 2.24) is 36.0 Å². The molecule has 1 aromatic rings. The third kappa shape index (κ3) is 13.4. The van der Waals surface area contributed by atoms with E-state index in [9.17, 15) is 56.9 Å². The molecule has 0 aromatic heterocycles. The van der Waals surface area contributed by atoms with Gasteiger partial charge in [-0.05, 0) is 81.5 Å². The summed E-state index contributed by atoms with van der Waals surface area (Å²) in [5.74, 6) is -6.61. The van der Waals surface area contributed by atoms with E-state index in [0.29, 0.717) is 15.5 Å². The maximum absolute atomic E-state index is 14.4. The smallest absolute Gasteiger partial charge is 0.396 e. The number of likely N-dealkylation sites (tertiary alicyclic amines) is 1. The summed E-state index contributed by atoms with van der Waals surface area (Å²) in [5, 5.41) is 31.1. The second-order valence-electron chi connectivity index (χ2n) is 16.2. The van der Waals surface area contributed by atoms with Crippen LogP contribution in [0, 0.1) is 5.92 Å². The van der Waals surface area contributed by atoms with Crippen molar-refractivity contribution in [3.8, 4) is 0 Å². The fraction of sp³-hybridized carbons (Fsp3) is 0.675. The highest BCUT2D eigenvalue weighted by Gasteiger charge is 2.58. The lowest BCUT2D eigenvalue weighted by molar-refractivity contribution is -0.250. The molecule has 2 fully saturated rings. The predicted octanol–water partition coefficient (Wildman–Crippen LogP) is 1.32. The molecule has 1 aromatic carbocycles. The molecule has 2 aliphatic rings. The van der Waals surface area contributed by atoms with E-state index in [1.165, 1.54) is 33.3 Å². The normalized spacial score (nSPS) is 23.9. The SMILES string of the molecule is COC[C@H]1NC(=O)[C@H](Cc2cc(Cl)ccc2Cl)N(C)C(=O)[C@H](CC(C)C)NC(=O)[C@@H](N(C)C(=O)[C@H](CCO)NC(=O)[C@@H]2CCCN2C(=O)[C@@](C)(O)C(F)(F)F)CCCCNC1=O. The number of alkyl halides is 3. The Bertz CT molecular complexity index is 1790. The van der Waals surface area contributed by atoms with Gasteiger partial charge in [-0.15, -0.1) is 0 Å². The van der Waals surface area contributed by atoms with Gasteiger partial charge in [-0.2, -0.15) is 13.2 Å². The van der Waals surface area contributed by atoms with Gasteiger partial charge in [0, 0.05) is 57.4 Å². The van der Waals surface area contributed by atoms with Crippen LogP contribution in [-0.4, -0.2) is 162 Å². The van der Waals surface area contributed by atoms with Crippen molar-refractivity contribution in [2.45, 2.75) is 120 Å². The summed E-state index contributed by atoms with van der Waals surface area (Å²) < 4.78 is 45.9. The Morgan fingerprint density at radius 1 is 1.02 bits per heavy atom. The van der Waals surface area contributed by atoms with Crippen molar-refractivity contribution in [3.05, 3.63) is 33.8 Å². The molecule has 0 aliphatic carbocycles. The third-order valence-corrected chi connectivity index (χ3v) is 11.6. The van der Waals surface area contributed by atoms with Gasteiger partial charge in [-0.3, -0.25) is 33.6 Å². The topological polar surface area (TPSA) is 227 Å². The van der Waals surface area contributed by atoms with Gasteiger partial charge in [0.25, 0.3) is 5.91 Å². The molecule has 0 saturated carbocycles. The fourth-order valence-electron chi connectivity index (χ4n) is 7.33. The first-order valence-electron chi connectivity index (χ1n) is 20.3. The lowest BCUT2D eigenvalue weighted by Gasteiger charge is -2.35. The Hall–Kier alpha value is -4.24. The predicted molar refractivity (Wildman–Crippen MR) is 220 cm³/mol. The number of ether oxygens (including phenoxy) is 1. The van der Waals surface area contributed by atoms with E-state index in [2.05, 4.69) is 21.3 Å². The van der Waals surface area contributed by atoms with Gasteiger partial charge < -0.3 is 50.9 Å². The fourth-order valence-corrected chi connectivity index (χ4v) is 7.72. The number of carbonyl (C=O) groups excluding carboxylic acids is 7. The average molecular weight is 925 g/mol. The first kappa shape index (κ1) is 52.1. The van der Waals surface area contributed by atoms with Crippen molar-refractivity contribution < 1.29 is 61.7 Å². The van der Waals surface area contributed by atoms with Crippen LogP contribution in [0.4, 0.5) is 13.2 Å². The Balaban J connectivity index is 1.99. The maximum Gasteiger partial charge on any atom is 0.426 e. The minimum atomic E-state index is -5.34. The van der Waals surface area contributed by atoms with Crippen LogP contribution in [0.25, 0.3) is 0 Å². The monoisotopic (exact) mass is 923 g/mol. The molecule has 0 radical (unpaired) electrons. The molecule has 0 bridgehead atoms. The van der Waals surface area contributed by atoms with Crippen LogP contribution in [0.5, 0.6) is 0 Å². The quantitative estimate of drug-likeness (QED) is 0.166. The summed E-state index contributed by atoms with van der Waals surface area (Å²) >= 11 is 12.7. The molecule has 62 heavy (non-hydrogen) atoms. The van der Waals surface area contributed by atoms with Crippen LogP contribution in [0.2, 0.25) is 10.0 Å². The lowest BCUT2D eigenvalue weighted by atomic mass is 9.98. The highest BCUT2D eigenvalue weighted by atomic mass is 35.5. The number of methoxy groups -OCH3 is 1. The van der Waals surface area contributed by atoms with Gasteiger partial charge in [0.15, 0.2) is 0 Å². The molecule has 0 spiro atoms. The van der Waals surface area contributed by atoms with E-state index in [-0.39, 0.29) is 82.5 Å². The highest BCUT2D eigenvalue weighted by molar-refractivity contribution is 6.33. The molecular weight excluding hydrogens is 866 g/mol. The average Bonchev–Trinajstić information content (AvgIpc) is 3.69. The summed E-state index contributed by atoms with van der Waals surface area (Å²) in [6.07, 6.45) is -5.26. The number of carbonyl (C=O) groups is 7. The number of hydrogen-bond donors (Lipinski definition) is 6. The summed E-state index contributed by atoms with van der Waals surface area (Å²) in [5.41, 5.74) is -3.38. The Labute approximate surface area is 368 Å². The van der Waals surface area contributed by atoms with Crippen LogP contribution >= 0.6 is 23.2 Å². The van der Waals surface area contributed by atoms with Crippen LogP contribution in [0.15, 0.2) is 18.2 Å². The zero-order valence-corrected chi connectivity index (χ0v) is 37.2. The molecule has 3 rings (SSSR count). The van der Waals surface area contributed by atoms with Crippen LogP contribution in [0.1, 0.15) is 71.3 Å². The number of aliphatic hydroxyl groups is 2. The Morgan fingerprint density at radius 2 is 1.68 bits per heavy atom. The van der Waals surface area contributed by atoms with Crippen molar-refractivity contribution in [2.24, 2.45) is 5.92 Å². The molecule has 7 amide bonds. The minimum Gasteiger partial charge on any atom is -0.396 e. The Kier molecular flexibility index (Phi) is 19.3. The zero-order valence-electron chi connectivity index (χ0n) is 35.7. The van der Waals surface area contributed by atoms with E-state index in [1.807, 2.05) is 0 Å². The van der Waals surface area contributed by atoms with Crippen molar-refractivity contribution in [2.75, 3.05) is 47.5 Å². The van der Waals surface area contributed by atoms with E-state index < -0.39 is 102 Å². The van der Waals surface area contributed by atoms with E-state index in [1.54, 1.807) is 19.9 Å². The molecule has 7 atom stereocenters. The minimum absolute atomic E-state index is 0.0201. The Morgan fingerprint density at radius 3 is 2.29 bits per heavy atom. The molecule has 22 heteroatoms. The number of likely N-dealkylation sites (N-methyl/N-ethyl adjacent to an activating group) is 2. The number of nitrogens with zero attached hydrogens (tertiary/aromatic N) is 3. The molecule has 348 valence electrons. The van der Waals surface area contributed by atoms with Gasteiger partial charge in [0.2, 0.25) is 41.0 Å². The summed E-state index contributed by atoms with van der Waals surface area (Å²) in [7, 11) is 3.97. The van der Waals surface area contributed by atoms with Crippen molar-refractivity contribution in [1.29, 1.82) is 0 Å². The number of rotatable bonds is 13. The van der Waals surface area contributed by atoms with Gasteiger partial charge in [-0.25, -0.2) is 0 Å². The summed E-state index contributed by atoms with van der Waals surface area (Å²) in [6, 6.07) is -3.42. The first-order valence-corrected chi connectivity index (χ1v) is 21.1. The number of halogens is 5. The number of benzene rings is 1. The van der Waals surface area contributed by atoms with E-state index in [4.69, 9.17) is 27.9 Å². The molecule has 0 unspecified atom stereocenters. The maximum atomic E-state index is 14.4. The van der Waals surface area contributed by atoms with Crippen LogP contribution < -0.4 is 21.3 Å². The summed E-state index contributed by atoms with van der Waals surface area (Å²) in [6.45, 7) is 2.84. The first-order chi connectivity index (χ1) is 29.0. The van der Waals surface area contributed by atoms with Gasteiger partial charge in [-0.1, -0.05) is 37.0 Å².